The van der Waals surface area contributed by atoms with Crippen LogP contribution in [0.1, 0.15) is 24.8 Å². The molecule has 0 aromatic heterocycles. The van der Waals surface area contributed by atoms with Gasteiger partial charge in [0.2, 0.25) is 6.10 Å². The van der Waals surface area contributed by atoms with Gasteiger partial charge in [0, 0.05) is 37.8 Å². The van der Waals surface area contributed by atoms with Gasteiger partial charge in [-0.2, -0.15) is 8.78 Å². The SMILES string of the molecule is COc1cc(/C=N/OC2CCN(C3CCOCC3)C2=O)ccc1OC(F)F. The number of carbonyl (C=O) groups excluding carboxylic acids is 1. The number of ether oxygens (including phenoxy) is 3. The molecule has 1 unspecified atom stereocenters. The molecule has 1 aromatic rings. The standard InChI is InChI=1S/C18H22F2N2O5/c1-24-16-10-12(2-3-14(16)26-18(19)20)11-21-27-15-4-7-22(17(15)23)13-5-8-25-9-6-13/h2-3,10-11,13,15,18H,4-9H2,1H3/b21-11+. The Morgan fingerprint density at radius 3 is 2.74 bits per heavy atom. The zero-order valence-corrected chi connectivity index (χ0v) is 15.0. The van der Waals surface area contributed by atoms with Crippen LogP contribution >= 0.6 is 0 Å². The van der Waals surface area contributed by atoms with Gasteiger partial charge in [-0.1, -0.05) is 5.16 Å². The average Bonchev–Trinajstić information content (AvgIpc) is 3.04. The molecule has 27 heavy (non-hydrogen) atoms. The Balaban J connectivity index is 1.56. The van der Waals surface area contributed by atoms with Crippen LogP contribution in [0.15, 0.2) is 23.4 Å². The van der Waals surface area contributed by atoms with E-state index in [2.05, 4.69) is 9.89 Å². The van der Waals surface area contributed by atoms with Crippen molar-refractivity contribution >= 4 is 12.1 Å². The highest BCUT2D eigenvalue weighted by molar-refractivity contribution is 5.84. The minimum absolute atomic E-state index is 0.0580. The molecule has 0 spiro atoms. The normalized spacial score (nSPS) is 21.3. The number of methoxy groups -OCH3 is 1. The Bertz CT molecular complexity index is 680. The van der Waals surface area contributed by atoms with Crippen molar-refractivity contribution in [3.05, 3.63) is 23.8 Å². The summed E-state index contributed by atoms with van der Waals surface area (Å²) in [6, 6.07) is 4.60. The number of likely N-dealkylation sites (tertiary alicyclic amines) is 1. The molecule has 0 aliphatic carbocycles. The maximum Gasteiger partial charge on any atom is 0.387 e. The summed E-state index contributed by atoms with van der Waals surface area (Å²) >= 11 is 0. The monoisotopic (exact) mass is 384 g/mol. The predicted octanol–water partition coefficient (Wildman–Crippen LogP) is 2.43. The minimum Gasteiger partial charge on any atom is -0.493 e. The number of halogens is 2. The molecular weight excluding hydrogens is 362 g/mol. The topological polar surface area (TPSA) is 69.6 Å². The van der Waals surface area contributed by atoms with Crippen LogP contribution in [0.4, 0.5) is 8.78 Å². The smallest absolute Gasteiger partial charge is 0.387 e. The maximum absolute atomic E-state index is 12.5. The first kappa shape index (κ1) is 19.3. The Hall–Kier alpha value is -2.42. The molecule has 0 radical (unpaired) electrons. The molecule has 1 atom stereocenters. The summed E-state index contributed by atoms with van der Waals surface area (Å²) in [6.07, 6.45) is 3.06. The number of hydrogen-bond donors (Lipinski definition) is 0. The van der Waals surface area contributed by atoms with Gasteiger partial charge in [-0.15, -0.1) is 0 Å². The highest BCUT2D eigenvalue weighted by Gasteiger charge is 2.38. The van der Waals surface area contributed by atoms with Crippen LogP contribution in [0.25, 0.3) is 0 Å². The van der Waals surface area contributed by atoms with Crippen LogP contribution in [0.5, 0.6) is 11.5 Å². The Morgan fingerprint density at radius 1 is 1.26 bits per heavy atom. The van der Waals surface area contributed by atoms with Gasteiger partial charge in [-0.25, -0.2) is 0 Å². The van der Waals surface area contributed by atoms with Gasteiger partial charge in [0.15, 0.2) is 11.5 Å². The lowest BCUT2D eigenvalue weighted by Gasteiger charge is -2.30. The zero-order valence-electron chi connectivity index (χ0n) is 15.0. The number of alkyl halides is 2. The van der Waals surface area contributed by atoms with E-state index in [1.165, 1.54) is 31.5 Å². The van der Waals surface area contributed by atoms with E-state index in [9.17, 15) is 13.6 Å². The van der Waals surface area contributed by atoms with E-state index in [1.807, 2.05) is 4.90 Å². The van der Waals surface area contributed by atoms with E-state index < -0.39 is 12.7 Å². The number of amides is 1. The lowest BCUT2D eigenvalue weighted by Crippen LogP contribution is -2.42. The molecule has 9 heteroatoms. The highest BCUT2D eigenvalue weighted by atomic mass is 19.3. The molecule has 2 heterocycles. The molecule has 0 saturated carbocycles. The molecule has 2 aliphatic heterocycles. The summed E-state index contributed by atoms with van der Waals surface area (Å²) < 4.78 is 39.4. The summed E-state index contributed by atoms with van der Waals surface area (Å²) in [4.78, 5) is 19.7. The van der Waals surface area contributed by atoms with Crippen LogP contribution in [0.3, 0.4) is 0 Å². The molecule has 0 N–H and O–H groups in total. The largest absolute Gasteiger partial charge is 0.493 e. The van der Waals surface area contributed by atoms with Gasteiger partial charge < -0.3 is 23.9 Å². The molecule has 1 aromatic carbocycles. The number of carbonyl (C=O) groups is 1. The fraction of sp³-hybridized carbons (Fsp3) is 0.556. The third-order valence-electron chi connectivity index (χ3n) is 4.62. The second-order valence-corrected chi connectivity index (χ2v) is 6.28. The molecule has 3 rings (SSSR count). The summed E-state index contributed by atoms with van der Waals surface area (Å²) in [6.45, 7) is -0.943. The number of hydrogen-bond acceptors (Lipinski definition) is 6. The van der Waals surface area contributed by atoms with Gasteiger partial charge in [-0.3, -0.25) is 4.79 Å². The summed E-state index contributed by atoms with van der Waals surface area (Å²) in [7, 11) is 1.35. The van der Waals surface area contributed by atoms with Crippen molar-refractivity contribution in [3.63, 3.8) is 0 Å². The van der Waals surface area contributed by atoms with Crippen LogP contribution in [0.2, 0.25) is 0 Å². The molecule has 0 bridgehead atoms. The van der Waals surface area contributed by atoms with E-state index in [1.54, 1.807) is 0 Å². The van der Waals surface area contributed by atoms with Crippen molar-refractivity contribution in [2.75, 3.05) is 26.9 Å². The summed E-state index contributed by atoms with van der Waals surface area (Å²) in [5, 5.41) is 3.88. The van der Waals surface area contributed by atoms with E-state index in [-0.39, 0.29) is 23.4 Å². The molecule has 2 saturated heterocycles. The molecule has 2 fully saturated rings. The predicted molar refractivity (Wildman–Crippen MR) is 92.3 cm³/mol. The van der Waals surface area contributed by atoms with E-state index in [0.29, 0.717) is 31.7 Å². The molecule has 1 amide bonds. The Labute approximate surface area is 155 Å². The van der Waals surface area contributed by atoms with E-state index >= 15 is 0 Å². The van der Waals surface area contributed by atoms with Crippen molar-refractivity contribution in [3.8, 4) is 11.5 Å². The lowest BCUT2D eigenvalue weighted by atomic mass is 10.1. The van der Waals surface area contributed by atoms with Crippen molar-refractivity contribution in [2.24, 2.45) is 5.16 Å². The summed E-state index contributed by atoms with van der Waals surface area (Å²) in [5.74, 6) is 0.0304. The van der Waals surface area contributed by atoms with Gasteiger partial charge in [0.05, 0.1) is 13.3 Å². The number of nitrogens with zero attached hydrogens (tertiary/aromatic N) is 2. The van der Waals surface area contributed by atoms with E-state index in [0.717, 1.165) is 12.8 Å². The number of benzene rings is 1. The number of oxime groups is 1. The van der Waals surface area contributed by atoms with Crippen LogP contribution < -0.4 is 9.47 Å². The van der Waals surface area contributed by atoms with Gasteiger partial charge in [0.1, 0.15) is 0 Å². The molecular formula is C18H22F2N2O5. The third-order valence-corrected chi connectivity index (χ3v) is 4.62. The molecule has 148 valence electrons. The minimum atomic E-state index is -2.94. The van der Waals surface area contributed by atoms with Gasteiger partial charge >= 0.3 is 6.61 Å². The second-order valence-electron chi connectivity index (χ2n) is 6.28. The first-order chi connectivity index (χ1) is 13.1. The molecule has 7 nitrogen and oxygen atoms in total. The fourth-order valence-corrected chi connectivity index (χ4v) is 3.25. The van der Waals surface area contributed by atoms with Crippen LogP contribution in [0, 0.1) is 0 Å². The van der Waals surface area contributed by atoms with Gasteiger partial charge in [-0.05, 0) is 31.0 Å². The number of rotatable bonds is 7. The van der Waals surface area contributed by atoms with Gasteiger partial charge in [0.25, 0.3) is 5.91 Å². The highest BCUT2D eigenvalue weighted by Crippen LogP contribution is 2.29. The third kappa shape index (κ3) is 4.85. The van der Waals surface area contributed by atoms with Crippen molar-refractivity contribution in [1.82, 2.24) is 4.90 Å². The quantitative estimate of drug-likeness (QED) is 0.534. The molecule has 2 aliphatic rings. The van der Waals surface area contributed by atoms with Crippen molar-refractivity contribution < 1.29 is 32.6 Å². The maximum atomic E-state index is 12.5. The van der Waals surface area contributed by atoms with Crippen LogP contribution in [-0.4, -0.2) is 62.6 Å². The van der Waals surface area contributed by atoms with Crippen molar-refractivity contribution in [1.29, 1.82) is 0 Å². The van der Waals surface area contributed by atoms with Crippen molar-refractivity contribution in [2.45, 2.75) is 38.0 Å². The van der Waals surface area contributed by atoms with Crippen LogP contribution in [-0.2, 0) is 14.4 Å². The first-order valence-electron chi connectivity index (χ1n) is 8.78. The first-order valence-corrected chi connectivity index (χ1v) is 8.78. The summed E-state index contributed by atoms with van der Waals surface area (Å²) in [5.41, 5.74) is 0.570. The second kappa shape index (κ2) is 8.98. The van der Waals surface area contributed by atoms with E-state index in [4.69, 9.17) is 14.3 Å². The Morgan fingerprint density at radius 2 is 2.04 bits per heavy atom. The average molecular weight is 384 g/mol. The zero-order chi connectivity index (χ0) is 19.2. The Kier molecular flexibility index (Phi) is 6.44. The lowest BCUT2D eigenvalue weighted by molar-refractivity contribution is -0.140. The fourth-order valence-electron chi connectivity index (χ4n) is 3.25.